The predicted octanol–water partition coefficient (Wildman–Crippen LogP) is 3.63. The number of hydrogen-bond acceptors (Lipinski definition) is 2. The Morgan fingerprint density at radius 1 is 1.11 bits per heavy atom. The van der Waals surface area contributed by atoms with Crippen LogP contribution in [0.5, 0.6) is 0 Å². The molecule has 0 unspecified atom stereocenters. The van der Waals surface area contributed by atoms with Crippen LogP contribution in [0.1, 0.15) is 28.4 Å². The number of aromatic nitrogens is 1. The van der Waals surface area contributed by atoms with Gasteiger partial charge >= 0.3 is 0 Å². The van der Waals surface area contributed by atoms with E-state index < -0.39 is 0 Å². The van der Waals surface area contributed by atoms with Crippen molar-refractivity contribution >= 4 is 11.6 Å². The fourth-order valence-electron chi connectivity index (χ4n) is 3.63. The minimum atomic E-state index is -0.352. The van der Waals surface area contributed by atoms with Crippen LogP contribution in [0.2, 0.25) is 0 Å². The second-order valence-electron chi connectivity index (χ2n) is 6.87. The van der Waals surface area contributed by atoms with Crippen molar-refractivity contribution in [1.29, 1.82) is 0 Å². The quantitative estimate of drug-likeness (QED) is 0.714. The first kappa shape index (κ1) is 17.2. The Balaban J connectivity index is 1.67. The summed E-state index contributed by atoms with van der Waals surface area (Å²) < 4.78 is 14.9. The number of carbonyl (C=O) groups is 1. The van der Waals surface area contributed by atoms with Crippen LogP contribution in [0.25, 0.3) is 0 Å². The average molecular weight is 362 g/mol. The van der Waals surface area contributed by atoms with Gasteiger partial charge in [0, 0.05) is 24.0 Å². The Morgan fingerprint density at radius 2 is 1.93 bits per heavy atom. The summed E-state index contributed by atoms with van der Waals surface area (Å²) in [5, 5.41) is 0. The van der Waals surface area contributed by atoms with Crippen LogP contribution in [0, 0.1) is 5.82 Å². The third kappa shape index (κ3) is 3.28. The summed E-state index contributed by atoms with van der Waals surface area (Å²) in [6, 6.07) is 17.0. The zero-order valence-corrected chi connectivity index (χ0v) is 14.9. The first-order valence-electron chi connectivity index (χ1n) is 8.89. The van der Waals surface area contributed by atoms with E-state index >= 15 is 0 Å². The Kier molecular flexibility index (Phi) is 4.36. The highest BCUT2D eigenvalue weighted by Gasteiger charge is 2.31. The lowest BCUT2D eigenvalue weighted by atomic mass is 10.1. The van der Waals surface area contributed by atoms with E-state index in [1.54, 1.807) is 29.3 Å². The molecule has 0 aliphatic carbocycles. The number of carbonyl (C=O) groups excluding carboxylic acids is 1. The van der Waals surface area contributed by atoms with Crippen LogP contribution in [0.3, 0.4) is 0 Å². The molecule has 0 N–H and O–H groups in total. The van der Waals surface area contributed by atoms with E-state index in [0.29, 0.717) is 11.1 Å². The highest BCUT2D eigenvalue weighted by Crippen LogP contribution is 2.32. The van der Waals surface area contributed by atoms with Crippen molar-refractivity contribution in [2.45, 2.75) is 25.9 Å². The van der Waals surface area contributed by atoms with Crippen molar-refractivity contribution in [2.75, 3.05) is 4.90 Å². The van der Waals surface area contributed by atoms with Gasteiger partial charge in [0.25, 0.3) is 11.5 Å². The highest BCUT2D eigenvalue weighted by atomic mass is 19.1. The number of hydrogen-bond donors (Lipinski definition) is 0. The molecule has 0 fully saturated rings. The minimum absolute atomic E-state index is 0.0542. The Morgan fingerprint density at radius 3 is 2.74 bits per heavy atom. The highest BCUT2D eigenvalue weighted by molar-refractivity contribution is 6.07. The van der Waals surface area contributed by atoms with Crippen LogP contribution in [0.15, 0.2) is 71.7 Å². The average Bonchev–Trinajstić information content (AvgIpc) is 2.98. The molecule has 136 valence electrons. The topological polar surface area (TPSA) is 42.3 Å². The third-order valence-electron chi connectivity index (χ3n) is 4.90. The van der Waals surface area contributed by atoms with Crippen molar-refractivity contribution in [1.82, 2.24) is 4.57 Å². The zero-order chi connectivity index (χ0) is 19.0. The molecule has 0 radical (unpaired) electrons. The third-order valence-corrected chi connectivity index (χ3v) is 4.90. The van der Waals surface area contributed by atoms with Crippen LogP contribution < -0.4 is 10.5 Å². The first-order chi connectivity index (χ1) is 13.0. The fraction of sp³-hybridized carbons (Fsp3) is 0.182. The van der Waals surface area contributed by atoms with Crippen LogP contribution >= 0.6 is 0 Å². The van der Waals surface area contributed by atoms with Crippen molar-refractivity contribution in [3.63, 3.8) is 0 Å². The number of amides is 1. The van der Waals surface area contributed by atoms with Gasteiger partial charge in [-0.05, 0) is 48.7 Å². The molecule has 1 aliphatic rings. The molecule has 2 heterocycles. The van der Waals surface area contributed by atoms with Gasteiger partial charge in [0.05, 0.1) is 12.1 Å². The van der Waals surface area contributed by atoms with E-state index in [1.165, 1.54) is 22.8 Å². The maximum Gasteiger partial charge on any atom is 0.260 e. The molecule has 4 nitrogen and oxygen atoms in total. The molecule has 0 bridgehead atoms. The molecule has 1 aromatic heterocycles. The molecule has 0 saturated carbocycles. The molecule has 0 spiro atoms. The predicted molar refractivity (Wildman–Crippen MR) is 103 cm³/mol. The summed E-state index contributed by atoms with van der Waals surface area (Å²) in [5.74, 6) is -0.490. The standard InChI is InChI=1S/C22H19FN2O2/c1-15-11-17-6-2-3-8-20(17)25(15)22(27)18-9-10-21(26)24(14-18)13-16-5-4-7-19(23)12-16/h2-10,12,14-15H,11,13H2,1H3/t15-/m0/s1. The van der Waals surface area contributed by atoms with E-state index in [-0.39, 0.29) is 29.9 Å². The Labute approximate surface area is 156 Å². The van der Waals surface area contributed by atoms with E-state index in [0.717, 1.165) is 17.7 Å². The summed E-state index contributed by atoms with van der Waals surface area (Å²) in [5.41, 5.74) is 2.94. The van der Waals surface area contributed by atoms with Gasteiger partial charge in [-0.3, -0.25) is 9.59 Å². The van der Waals surface area contributed by atoms with Gasteiger partial charge in [0.15, 0.2) is 0 Å². The Hall–Kier alpha value is -3.21. The zero-order valence-electron chi connectivity index (χ0n) is 14.9. The van der Waals surface area contributed by atoms with E-state index in [9.17, 15) is 14.0 Å². The summed E-state index contributed by atoms with van der Waals surface area (Å²) >= 11 is 0. The lowest BCUT2D eigenvalue weighted by molar-refractivity contribution is 0.0980. The number of pyridine rings is 1. The normalized spacial score (nSPS) is 15.6. The molecular weight excluding hydrogens is 343 g/mol. The number of anilines is 1. The van der Waals surface area contributed by atoms with Crippen molar-refractivity contribution in [3.05, 3.63) is 99.7 Å². The summed E-state index contributed by atoms with van der Waals surface area (Å²) in [7, 11) is 0. The van der Waals surface area contributed by atoms with Gasteiger partial charge in [-0.2, -0.15) is 0 Å². The molecule has 1 aliphatic heterocycles. The lowest BCUT2D eigenvalue weighted by Crippen LogP contribution is -2.36. The summed E-state index contributed by atoms with van der Waals surface area (Å²) in [6.07, 6.45) is 2.37. The van der Waals surface area contributed by atoms with Gasteiger partial charge in [-0.25, -0.2) is 4.39 Å². The maximum atomic E-state index is 13.4. The number of nitrogens with zero attached hydrogens (tertiary/aromatic N) is 2. The van der Waals surface area contributed by atoms with Crippen molar-refractivity contribution in [2.24, 2.45) is 0 Å². The largest absolute Gasteiger partial charge is 0.310 e. The van der Waals surface area contributed by atoms with E-state index in [1.807, 2.05) is 31.2 Å². The second kappa shape index (κ2) is 6.83. The number of halogens is 1. The fourth-order valence-corrected chi connectivity index (χ4v) is 3.63. The second-order valence-corrected chi connectivity index (χ2v) is 6.87. The molecule has 1 atom stereocenters. The van der Waals surface area contributed by atoms with Crippen LogP contribution in [-0.2, 0) is 13.0 Å². The number of para-hydroxylation sites is 1. The number of rotatable bonds is 3. The first-order valence-corrected chi connectivity index (χ1v) is 8.89. The van der Waals surface area contributed by atoms with E-state index in [2.05, 4.69) is 0 Å². The Bertz CT molecular complexity index is 1070. The minimum Gasteiger partial charge on any atom is -0.310 e. The monoisotopic (exact) mass is 362 g/mol. The van der Waals surface area contributed by atoms with Gasteiger partial charge in [0.1, 0.15) is 5.82 Å². The van der Waals surface area contributed by atoms with Gasteiger partial charge in [-0.1, -0.05) is 30.3 Å². The maximum absolute atomic E-state index is 13.4. The van der Waals surface area contributed by atoms with Crippen LogP contribution in [-0.4, -0.2) is 16.5 Å². The van der Waals surface area contributed by atoms with Gasteiger partial charge in [0.2, 0.25) is 0 Å². The summed E-state index contributed by atoms with van der Waals surface area (Å²) in [4.78, 5) is 27.1. The lowest BCUT2D eigenvalue weighted by Gasteiger charge is -2.23. The molecule has 5 heteroatoms. The molecule has 1 amide bonds. The van der Waals surface area contributed by atoms with Gasteiger partial charge < -0.3 is 9.47 Å². The van der Waals surface area contributed by atoms with E-state index in [4.69, 9.17) is 0 Å². The SMILES string of the molecule is C[C@H]1Cc2ccccc2N1C(=O)c1ccc(=O)n(Cc2cccc(F)c2)c1. The molecule has 0 saturated heterocycles. The number of fused-ring (bicyclic) bond motifs is 1. The number of benzene rings is 2. The molecule has 2 aromatic carbocycles. The van der Waals surface area contributed by atoms with Crippen molar-refractivity contribution in [3.8, 4) is 0 Å². The molecule has 27 heavy (non-hydrogen) atoms. The molecular formula is C22H19FN2O2. The summed E-state index contributed by atoms with van der Waals surface area (Å²) in [6.45, 7) is 2.23. The van der Waals surface area contributed by atoms with Crippen LogP contribution in [0.4, 0.5) is 10.1 Å². The molecule has 3 aromatic rings. The molecule has 4 rings (SSSR count). The van der Waals surface area contributed by atoms with Gasteiger partial charge in [-0.15, -0.1) is 0 Å². The smallest absolute Gasteiger partial charge is 0.260 e. The van der Waals surface area contributed by atoms with Crippen molar-refractivity contribution < 1.29 is 9.18 Å².